The second-order valence-electron chi connectivity index (χ2n) is 11.0. The third-order valence-electron chi connectivity index (χ3n) is 8.29. The maximum absolute atomic E-state index is 2.41. The molecule has 0 atom stereocenters. The van der Waals surface area contributed by atoms with Crippen LogP contribution in [0.5, 0.6) is 0 Å². The van der Waals surface area contributed by atoms with Crippen LogP contribution in [0.2, 0.25) is 0 Å². The van der Waals surface area contributed by atoms with Gasteiger partial charge in [0.1, 0.15) is 0 Å². The highest BCUT2D eigenvalue weighted by Gasteiger charge is 2.21. The van der Waals surface area contributed by atoms with Gasteiger partial charge in [0, 0.05) is 37.1 Å². The van der Waals surface area contributed by atoms with Crippen molar-refractivity contribution in [1.82, 2.24) is 0 Å². The van der Waals surface area contributed by atoms with Gasteiger partial charge in [0.15, 0.2) is 0 Å². The number of hydrogen-bond acceptors (Lipinski definition) is 2. The quantitative estimate of drug-likeness (QED) is 0.189. The van der Waals surface area contributed by atoms with Crippen molar-refractivity contribution < 1.29 is 0 Å². The lowest BCUT2D eigenvalue weighted by Gasteiger charge is -2.28. The van der Waals surface area contributed by atoms with Crippen molar-refractivity contribution in [2.75, 3.05) is 4.90 Å². The molecule has 0 aliphatic heterocycles. The first kappa shape index (κ1) is 26.2. The molecule has 0 spiro atoms. The molecule has 0 aliphatic rings. The number of hydrogen-bond donors (Lipinski definition) is 0. The minimum absolute atomic E-state index is 1.12. The molecule has 8 aromatic rings. The minimum atomic E-state index is 1.12. The maximum Gasteiger partial charge on any atom is 0.0554 e. The van der Waals surface area contributed by atoms with Crippen LogP contribution in [0.4, 0.5) is 17.1 Å². The van der Waals surface area contributed by atoms with E-state index in [0.717, 1.165) is 17.1 Å². The number of nitrogens with zero attached hydrogens (tertiary/aromatic N) is 1. The predicted molar refractivity (Wildman–Crippen MR) is 190 cm³/mol. The Kier molecular flexibility index (Phi) is 6.75. The van der Waals surface area contributed by atoms with E-state index in [0.29, 0.717) is 0 Å². The van der Waals surface area contributed by atoms with Crippen LogP contribution in [0, 0.1) is 0 Å². The molecule has 0 aliphatic carbocycles. The molecule has 0 N–H and O–H groups in total. The summed E-state index contributed by atoms with van der Waals surface area (Å²) in [5, 5.41) is 2.61. The molecular formula is C42H29NS. The fourth-order valence-corrected chi connectivity index (χ4v) is 7.41. The molecule has 44 heavy (non-hydrogen) atoms. The molecule has 0 fully saturated rings. The van der Waals surface area contributed by atoms with Crippen LogP contribution in [-0.2, 0) is 0 Å². The topological polar surface area (TPSA) is 3.24 Å². The molecular weight excluding hydrogens is 551 g/mol. The normalized spacial score (nSPS) is 11.2. The summed E-state index contributed by atoms with van der Waals surface area (Å²) in [4.78, 5) is 2.41. The summed E-state index contributed by atoms with van der Waals surface area (Å²) in [5.41, 5.74) is 10.7. The van der Waals surface area contributed by atoms with E-state index in [1.165, 1.54) is 53.6 Å². The Bertz CT molecular complexity index is 2100. The zero-order valence-electron chi connectivity index (χ0n) is 24.1. The third kappa shape index (κ3) is 4.76. The fourth-order valence-electron chi connectivity index (χ4n) is 6.14. The number of rotatable bonds is 6. The van der Waals surface area contributed by atoms with Gasteiger partial charge in [0.05, 0.1) is 5.69 Å². The lowest BCUT2D eigenvalue weighted by atomic mass is 9.98. The molecule has 1 nitrogen and oxygen atoms in total. The standard InChI is InChI=1S/C42H29NS/c1-4-12-30(13-5-1)32-20-24-35(25-21-32)43(36-26-22-33(23-27-36)31-14-6-2-7-15-31)39-29-28-38-37-18-10-11-19-40(37)44-42(38)41(39)34-16-8-3-9-17-34/h1-29H. The van der Waals surface area contributed by atoms with Crippen molar-refractivity contribution in [3.63, 3.8) is 0 Å². The Labute approximate surface area is 261 Å². The third-order valence-corrected chi connectivity index (χ3v) is 9.50. The Morgan fingerprint density at radius 1 is 0.341 bits per heavy atom. The van der Waals surface area contributed by atoms with Crippen molar-refractivity contribution in [3.05, 3.63) is 176 Å². The number of benzene rings is 7. The molecule has 7 aromatic carbocycles. The molecule has 208 valence electrons. The van der Waals surface area contributed by atoms with E-state index >= 15 is 0 Å². The second-order valence-corrected chi connectivity index (χ2v) is 12.0. The molecule has 0 unspecified atom stereocenters. The van der Waals surface area contributed by atoms with Gasteiger partial charge in [0.2, 0.25) is 0 Å². The summed E-state index contributed by atoms with van der Waals surface area (Å²) < 4.78 is 2.62. The average Bonchev–Trinajstić information content (AvgIpc) is 3.49. The summed E-state index contributed by atoms with van der Waals surface area (Å²) in [5.74, 6) is 0. The van der Waals surface area contributed by atoms with Gasteiger partial charge in [-0.1, -0.05) is 140 Å². The molecule has 0 bridgehead atoms. The van der Waals surface area contributed by atoms with Crippen LogP contribution < -0.4 is 4.90 Å². The van der Waals surface area contributed by atoms with E-state index in [1.807, 2.05) is 11.3 Å². The van der Waals surface area contributed by atoms with Gasteiger partial charge in [-0.3, -0.25) is 0 Å². The van der Waals surface area contributed by atoms with Crippen LogP contribution in [0.3, 0.4) is 0 Å². The first-order valence-corrected chi connectivity index (χ1v) is 15.8. The zero-order valence-corrected chi connectivity index (χ0v) is 24.9. The van der Waals surface area contributed by atoms with Crippen molar-refractivity contribution in [3.8, 4) is 33.4 Å². The zero-order chi connectivity index (χ0) is 29.3. The van der Waals surface area contributed by atoms with E-state index in [4.69, 9.17) is 0 Å². The summed E-state index contributed by atoms with van der Waals surface area (Å²) in [6, 6.07) is 63.3. The van der Waals surface area contributed by atoms with Crippen LogP contribution in [-0.4, -0.2) is 0 Å². The number of fused-ring (bicyclic) bond motifs is 3. The number of anilines is 3. The first-order valence-electron chi connectivity index (χ1n) is 14.9. The van der Waals surface area contributed by atoms with Crippen molar-refractivity contribution in [2.45, 2.75) is 0 Å². The summed E-state index contributed by atoms with van der Waals surface area (Å²) >= 11 is 1.88. The van der Waals surface area contributed by atoms with Crippen LogP contribution in [0.25, 0.3) is 53.6 Å². The van der Waals surface area contributed by atoms with E-state index < -0.39 is 0 Å². The Balaban J connectivity index is 1.35. The predicted octanol–water partition coefficient (Wildman–Crippen LogP) is 12.5. The summed E-state index contributed by atoms with van der Waals surface area (Å²) in [6.07, 6.45) is 0. The Morgan fingerprint density at radius 3 is 1.34 bits per heavy atom. The Morgan fingerprint density at radius 2 is 0.795 bits per heavy atom. The molecule has 1 aromatic heterocycles. The van der Waals surface area contributed by atoms with E-state index in [1.54, 1.807) is 0 Å². The smallest absolute Gasteiger partial charge is 0.0554 e. The summed E-state index contributed by atoms with van der Waals surface area (Å²) in [7, 11) is 0. The number of thiophene rings is 1. The first-order chi connectivity index (χ1) is 21.8. The molecule has 8 rings (SSSR count). The SMILES string of the molecule is c1ccc(-c2ccc(N(c3ccc(-c4ccccc4)cc3)c3ccc4c(sc5ccccc54)c3-c3ccccc3)cc2)cc1. The average molecular weight is 580 g/mol. The van der Waals surface area contributed by atoms with Gasteiger partial charge in [-0.25, -0.2) is 0 Å². The molecule has 1 heterocycles. The van der Waals surface area contributed by atoms with Crippen molar-refractivity contribution >= 4 is 48.6 Å². The van der Waals surface area contributed by atoms with Crippen molar-refractivity contribution in [2.24, 2.45) is 0 Å². The van der Waals surface area contributed by atoms with Crippen molar-refractivity contribution in [1.29, 1.82) is 0 Å². The highest BCUT2D eigenvalue weighted by atomic mass is 32.1. The van der Waals surface area contributed by atoms with Gasteiger partial charge in [-0.2, -0.15) is 0 Å². The molecule has 0 radical (unpaired) electrons. The van der Waals surface area contributed by atoms with Crippen LogP contribution >= 0.6 is 11.3 Å². The molecule has 2 heteroatoms. The maximum atomic E-state index is 2.41. The molecule has 0 saturated heterocycles. The lowest BCUT2D eigenvalue weighted by molar-refractivity contribution is 1.29. The minimum Gasteiger partial charge on any atom is -0.310 e. The highest BCUT2D eigenvalue weighted by Crippen LogP contribution is 2.48. The van der Waals surface area contributed by atoms with Gasteiger partial charge in [-0.15, -0.1) is 11.3 Å². The van der Waals surface area contributed by atoms with Gasteiger partial charge >= 0.3 is 0 Å². The second kappa shape index (κ2) is 11.3. The monoisotopic (exact) mass is 579 g/mol. The fraction of sp³-hybridized carbons (Fsp3) is 0. The van der Waals surface area contributed by atoms with Gasteiger partial charge < -0.3 is 4.90 Å². The Hall–Kier alpha value is -5.44. The molecule has 0 saturated carbocycles. The largest absolute Gasteiger partial charge is 0.310 e. The highest BCUT2D eigenvalue weighted by molar-refractivity contribution is 7.26. The lowest BCUT2D eigenvalue weighted by Crippen LogP contribution is -2.11. The van der Waals surface area contributed by atoms with E-state index in [2.05, 4.69) is 181 Å². The van der Waals surface area contributed by atoms with E-state index in [9.17, 15) is 0 Å². The van der Waals surface area contributed by atoms with Gasteiger partial charge in [-0.05, 0) is 64.2 Å². The van der Waals surface area contributed by atoms with Crippen LogP contribution in [0.1, 0.15) is 0 Å². The molecule has 0 amide bonds. The van der Waals surface area contributed by atoms with Gasteiger partial charge in [0.25, 0.3) is 0 Å². The van der Waals surface area contributed by atoms with E-state index in [-0.39, 0.29) is 0 Å². The van der Waals surface area contributed by atoms with Crippen LogP contribution in [0.15, 0.2) is 176 Å². The summed E-state index contributed by atoms with van der Waals surface area (Å²) in [6.45, 7) is 0.